The van der Waals surface area contributed by atoms with E-state index in [-0.39, 0.29) is 11.9 Å². The second-order valence-corrected chi connectivity index (χ2v) is 5.81. The highest BCUT2D eigenvalue weighted by Gasteiger charge is 2.26. The van der Waals surface area contributed by atoms with Crippen LogP contribution in [0, 0.1) is 0 Å². The Morgan fingerprint density at radius 2 is 1.90 bits per heavy atom. The smallest absolute Gasteiger partial charge is 0.239 e. The summed E-state index contributed by atoms with van der Waals surface area (Å²) in [5, 5.41) is 0. The second kappa shape index (κ2) is 8.15. The van der Waals surface area contributed by atoms with E-state index in [1.165, 1.54) is 12.0 Å². The minimum Gasteiger partial charge on any atom is -0.341 e. The van der Waals surface area contributed by atoms with E-state index in [1.807, 2.05) is 30.0 Å². The third-order valence-electron chi connectivity index (χ3n) is 4.22. The molecule has 2 rings (SSSR count). The number of amides is 1. The van der Waals surface area contributed by atoms with Crippen molar-refractivity contribution in [1.29, 1.82) is 0 Å². The van der Waals surface area contributed by atoms with Crippen LogP contribution in [0.15, 0.2) is 30.3 Å². The van der Waals surface area contributed by atoms with Crippen molar-refractivity contribution in [3.8, 4) is 0 Å². The first-order valence-electron chi connectivity index (χ1n) is 7.99. The Morgan fingerprint density at radius 3 is 2.52 bits per heavy atom. The van der Waals surface area contributed by atoms with Crippen LogP contribution in [0.2, 0.25) is 0 Å². The molecule has 0 aliphatic carbocycles. The highest BCUT2D eigenvalue weighted by atomic mass is 16.2. The quantitative estimate of drug-likeness (QED) is 0.869. The Balaban J connectivity index is 2.00. The molecule has 1 unspecified atom stereocenters. The molecular weight excluding hydrogens is 262 g/mol. The fourth-order valence-electron chi connectivity index (χ4n) is 2.93. The summed E-state index contributed by atoms with van der Waals surface area (Å²) >= 11 is 0. The van der Waals surface area contributed by atoms with Crippen LogP contribution in [-0.2, 0) is 11.3 Å². The Bertz CT molecular complexity index is 429. The van der Waals surface area contributed by atoms with Crippen molar-refractivity contribution in [2.45, 2.75) is 38.8 Å². The van der Waals surface area contributed by atoms with Gasteiger partial charge in [0.25, 0.3) is 0 Å². The average molecular weight is 289 g/mol. The predicted molar refractivity (Wildman–Crippen MR) is 85.8 cm³/mol. The van der Waals surface area contributed by atoms with Gasteiger partial charge in [-0.1, -0.05) is 30.3 Å². The summed E-state index contributed by atoms with van der Waals surface area (Å²) in [6, 6.07) is 10.2. The monoisotopic (exact) mass is 289 g/mol. The van der Waals surface area contributed by atoms with E-state index in [4.69, 9.17) is 5.73 Å². The SMILES string of the molecule is CC(C(=O)N1CCCCC1)N(CCN)Cc1ccccc1. The van der Waals surface area contributed by atoms with Gasteiger partial charge in [0.1, 0.15) is 0 Å². The lowest BCUT2D eigenvalue weighted by atomic mass is 10.1. The first-order chi connectivity index (χ1) is 10.2. The van der Waals surface area contributed by atoms with Crippen LogP contribution in [0.25, 0.3) is 0 Å². The minimum atomic E-state index is -0.105. The van der Waals surface area contributed by atoms with Gasteiger partial charge < -0.3 is 10.6 Å². The topological polar surface area (TPSA) is 49.6 Å². The zero-order chi connectivity index (χ0) is 15.1. The van der Waals surface area contributed by atoms with Gasteiger partial charge in [-0.05, 0) is 31.7 Å². The van der Waals surface area contributed by atoms with E-state index in [0.717, 1.165) is 39.0 Å². The van der Waals surface area contributed by atoms with Crippen LogP contribution in [0.1, 0.15) is 31.7 Å². The maximum atomic E-state index is 12.6. The van der Waals surface area contributed by atoms with Crippen LogP contribution in [0.5, 0.6) is 0 Å². The van der Waals surface area contributed by atoms with Gasteiger partial charge in [-0.25, -0.2) is 0 Å². The minimum absolute atomic E-state index is 0.105. The van der Waals surface area contributed by atoms with Crippen LogP contribution in [-0.4, -0.2) is 47.9 Å². The predicted octanol–water partition coefficient (Wildman–Crippen LogP) is 1.85. The number of likely N-dealkylation sites (tertiary alicyclic amines) is 1. The zero-order valence-corrected chi connectivity index (χ0v) is 13.0. The summed E-state index contributed by atoms with van der Waals surface area (Å²) in [5.74, 6) is 0.249. The number of hydrogen-bond donors (Lipinski definition) is 1. The molecule has 0 saturated carbocycles. The summed E-state index contributed by atoms with van der Waals surface area (Å²) in [6.45, 7) is 5.92. The van der Waals surface area contributed by atoms with Crippen LogP contribution < -0.4 is 5.73 Å². The Kier molecular flexibility index (Phi) is 6.21. The molecule has 0 radical (unpaired) electrons. The first kappa shape index (κ1) is 16.0. The van der Waals surface area contributed by atoms with Gasteiger partial charge in [0.2, 0.25) is 5.91 Å². The Morgan fingerprint density at radius 1 is 1.24 bits per heavy atom. The largest absolute Gasteiger partial charge is 0.341 e. The average Bonchev–Trinajstić information content (AvgIpc) is 2.55. The van der Waals surface area contributed by atoms with E-state index in [1.54, 1.807) is 0 Å². The zero-order valence-electron chi connectivity index (χ0n) is 13.0. The van der Waals surface area contributed by atoms with Gasteiger partial charge >= 0.3 is 0 Å². The summed E-state index contributed by atoms with van der Waals surface area (Å²) in [6.07, 6.45) is 3.51. The molecule has 1 atom stereocenters. The van der Waals surface area contributed by atoms with Gasteiger partial charge in [0, 0.05) is 32.7 Å². The third-order valence-corrected chi connectivity index (χ3v) is 4.22. The lowest BCUT2D eigenvalue weighted by molar-refractivity contribution is -0.137. The number of carbonyl (C=O) groups is 1. The number of carbonyl (C=O) groups excluding carboxylic acids is 1. The summed E-state index contributed by atoms with van der Waals surface area (Å²) in [5.41, 5.74) is 6.96. The van der Waals surface area contributed by atoms with E-state index in [2.05, 4.69) is 17.0 Å². The Hall–Kier alpha value is -1.39. The standard InChI is InChI=1S/C17H27N3O/c1-15(17(21)19-11-6-3-7-12-19)20(13-10-18)14-16-8-4-2-5-9-16/h2,4-5,8-9,15H,3,6-7,10-14,18H2,1H3. The lowest BCUT2D eigenvalue weighted by Gasteiger charge is -2.34. The van der Waals surface area contributed by atoms with Crippen LogP contribution >= 0.6 is 0 Å². The highest BCUT2D eigenvalue weighted by Crippen LogP contribution is 2.14. The fourth-order valence-corrected chi connectivity index (χ4v) is 2.93. The summed E-state index contributed by atoms with van der Waals surface area (Å²) < 4.78 is 0. The highest BCUT2D eigenvalue weighted by molar-refractivity contribution is 5.81. The van der Waals surface area contributed by atoms with Crippen molar-refractivity contribution < 1.29 is 4.79 Å². The number of nitrogens with two attached hydrogens (primary N) is 1. The van der Waals surface area contributed by atoms with Crippen molar-refractivity contribution in [3.05, 3.63) is 35.9 Å². The van der Waals surface area contributed by atoms with Crippen molar-refractivity contribution in [2.24, 2.45) is 5.73 Å². The van der Waals surface area contributed by atoms with Gasteiger partial charge in [-0.3, -0.25) is 9.69 Å². The molecule has 0 spiro atoms. The molecule has 1 saturated heterocycles. The number of nitrogens with zero attached hydrogens (tertiary/aromatic N) is 2. The van der Waals surface area contributed by atoms with Crippen molar-refractivity contribution in [3.63, 3.8) is 0 Å². The van der Waals surface area contributed by atoms with Crippen molar-refractivity contribution in [2.75, 3.05) is 26.2 Å². The molecule has 1 aromatic carbocycles. The molecule has 1 fully saturated rings. The molecule has 1 aliphatic heterocycles. The van der Waals surface area contributed by atoms with Gasteiger partial charge in [-0.2, -0.15) is 0 Å². The van der Waals surface area contributed by atoms with Crippen molar-refractivity contribution in [1.82, 2.24) is 9.80 Å². The number of rotatable bonds is 6. The molecule has 4 nitrogen and oxygen atoms in total. The van der Waals surface area contributed by atoms with E-state index in [0.29, 0.717) is 6.54 Å². The second-order valence-electron chi connectivity index (χ2n) is 5.81. The molecule has 21 heavy (non-hydrogen) atoms. The number of hydrogen-bond acceptors (Lipinski definition) is 3. The molecule has 1 aromatic rings. The fraction of sp³-hybridized carbons (Fsp3) is 0.588. The third kappa shape index (κ3) is 4.55. The maximum Gasteiger partial charge on any atom is 0.239 e. The molecule has 1 amide bonds. The Labute approximate surface area is 127 Å². The molecular formula is C17H27N3O. The normalized spacial score (nSPS) is 17.0. The van der Waals surface area contributed by atoms with E-state index >= 15 is 0 Å². The van der Waals surface area contributed by atoms with Crippen LogP contribution in [0.3, 0.4) is 0 Å². The van der Waals surface area contributed by atoms with E-state index in [9.17, 15) is 4.79 Å². The van der Waals surface area contributed by atoms with Crippen LogP contribution in [0.4, 0.5) is 0 Å². The summed E-state index contributed by atoms with van der Waals surface area (Å²) in [4.78, 5) is 16.9. The number of benzene rings is 1. The lowest BCUT2D eigenvalue weighted by Crippen LogP contribution is -2.49. The van der Waals surface area contributed by atoms with Gasteiger partial charge in [-0.15, -0.1) is 0 Å². The molecule has 0 aromatic heterocycles. The van der Waals surface area contributed by atoms with E-state index < -0.39 is 0 Å². The number of piperidine rings is 1. The molecule has 2 N–H and O–H groups in total. The summed E-state index contributed by atoms with van der Waals surface area (Å²) in [7, 11) is 0. The molecule has 116 valence electrons. The van der Waals surface area contributed by atoms with Gasteiger partial charge in [0.15, 0.2) is 0 Å². The maximum absolute atomic E-state index is 12.6. The molecule has 4 heteroatoms. The molecule has 0 bridgehead atoms. The molecule has 1 aliphatic rings. The molecule has 1 heterocycles. The first-order valence-corrected chi connectivity index (χ1v) is 7.99. The van der Waals surface area contributed by atoms with Gasteiger partial charge in [0.05, 0.1) is 6.04 Å². The van der Waals surface area contributed by atoms with Crippen molar-refractivity contribution >= 4 is 5.91 Å².